The molecule has 5 heteroatoms. The standard InChI is InChI=1S/C21H36N2O2S/c1-5-6-7-17-8-12-19(13-9-17)22-16-18-10-14-20(15-11-18)23-26(24,25)21(2,3)4/h8-9,12-13,18,20,22-23H,5-7,10-11,14-16H2,1-4H3. The van der Waals surface area contributed by atoms with Gasteiger partial charge in [-0.3, -0.25) is 0 Å². The van der Waals surface area contributed by atoms with Crippen LogP contribution in [0.2, 0.25) is 0 Å². The first kappa shape index (κ1) is 21.2. The van der Waals surface area contributed by atoms with E-state index < -0.39 is 14.8 Å². The van der Waals surface area contributed by atoms with Gasteiger partial charge in [-0.05, 0) is 82.9 Å². The summed E-state index contributed by atoms with van der Waals surface area (Å²) in [4.78, 5) is 0. The molecule has 0 heterocycles. The lowest BCUT2D eigenvalue weighted by Gasteiger charge is -2.31. The Hall–Kier alpha value is -1.07. The van der Waals surface area contributed by atoms with Gasteiger partial charge in [-0.25, -0.2) is 13.1 Å². The molecule has 1 aliphatic rings. The molecule has 0 saturated heterocycles. The molecule has 0 atom stereocenters. The second kappa shape index (κ2) is 9.23. The fourth-order valence-electron chi connectivity index (χ4n) is 3.31. The van der Waals surface area contributed by atoms with Crippen molar-refractivity contribution < 1.29 is 8.42 Å². The maximum absolute atomic E-state index is 12.3. The summed E-state index contributed by atoms with van der Waals surface area (Å²) in [7, 11) is -3.25. The summed E-state index contributed by atoms with van der Waals surface area (Å²) in [6, 6.07) is 8.88. The van der Waals surface area contributed by atoms with E-state index in [0.717, 1.165) is 38.6 Å². The molecule has 26 heavy (non-hydrogen) atoms. The SMILES string of the molecule is CCCCc1ccc(NCC2CCC(NS(=O)(=O)C(C)(C)C)CC2)cc1. The summed E-state index contributed by atoms with van der Waals surface area (Å²) in [5.41, 5.74) is 2.59. The predicted molar refractivity (Wildman–Crippen MR) is 111 cm³/mol. The number of anilines is 1. The average Bonchev–Trinajstić information content (AvgIpc) is 2.59. The van der Waals surface area contributed by atoms with Gasteiger partial charge in [0, 0.05) is 18.3 Å². The average molecular weight is 381 g/mol. The Morgan fingerprint density at radius 2 is 1.65 bits per heavy atom. The van der Waals surface area contributed by atoms with Crippen LogP contribution >= 0.6 is 0 Å². The normalized spacial score (nSPS) is 21.5. The fraction of sp³-hybridized carbons (Fsp3) is 0.714. The molecule has 1 fully saturated rings. The van der Waals surface area contributed by atoms with Crippen LogP contribution in [0.15, 0.2) is 24.3 Å². The number of unbranched alkanes of at least 4 members (excludes halogenated alkanes) is 1. The van der Waals surface area contributed by atoms with Gasteiger partial charge < -0.3 is 5.32 Å². The molecule has 1 aliphatic carbocycles. The molecule has 4 nitrogen and oxygen atoms in total. The second-order valence-electron chi connectivity index (χ2n) is 8.63. The summed E-state index contributed by atoms with van der Waals surface area (Å²) in [5.74, 6) is 0.616. The van der Waals surface area contributed by atoms with Crippen LogP contribution in [0.4, 0.5) is 5.69 Å². The zero-order valence-electron chi connectivity index (χ0n) is 16.8. The number of benzene rings is 1. The topological polar surface area (TPSA) is 58.2 Å². The Balaban J connectivity index is 1.73. The monoisotopic (exact) mass is 380 g/mol. The van der Waals surface area contributed by atoms with Gasteiger partial charge in [0.2, 0.25) is 10.0 Å². The molecule has 2 rings (SSSR count). The van der Waals surface area contributed by atoms with Gasteiger partial charge >= 0.3 is 0 Å². The smallest absolute Gasteiger partial charge is 0.216 e. The highest BCUT2D eigenvalue weighted by molar-refractivity contribution is 7.90. The number of hydrogen-bond donors (Lipinski definition) is 2. The lowest BCUT2D eigenvalue weighted by molar-refractivity contribution is 0.322. The Morgan fingerprint density at radius 1 is 1.04 bits per heavy atom. The molecule has 1 saturated carbocycles. The van der Waals surface area contributed by atoms with Gasteiger partial charge in [0.15, 0.2) is 0 Å². The van der Waals surface area contributed by atoms with Crippen molar-refractivity contribution in [1.82, 2.24) is 4.72 Å². The van der Waals surface area contributed by atoms with E-state index in [2.05, 4.69) is 41.2 Å². The van der Waals surface area contributed by atoms with E-state index in [-0.39, 0.29) is 6.04 Å². The van der Waals surface area contributed by atoms with Crippen molar-refractivity contribution in [3.8, 4) is 0 Å². The molecule has 0 aromatic heterocycles. The van der Waals surface area contributed by atoms with Crippen LogP contribution in [0.5, 0.6) is 0 Å². The molecule has 0 spiro atoms. The van der Waals surface area contributed by atoms with Crippen LogP contribution in [0.25, 0.3) is 0 Å². The molecular weight excluding hydrogens is 344 g/mol. The maximum Gasteiger partial charge on any atom is 0.216 e. The van der Waals surface area contributed by atoms with Crippen LogP contribution in [0.1, 0.15) is 71.8 Å². The maximum atomic E-state index is 12.3. The quantitative estimate of drug-likeness (QED) is 0.686. The Labute approximate surface area is 160 Å². The third-order valence-corrected chi connectivity index (χ3v) is 7.60. The Bertz CT molecular complexity index is 640. The van der Waals surface area contributed by atoms with Gasteiger partial charge in [-0.1, -0.05) is 25.5 Å². The van der Waals surface area contributed by atoms with Crippen molar-refractivity contribution in [2.45, 2.75) is 83.4 Å². The van der Waals surface area contributed by atoms with Gasteiger partial charge in [0.05, 0.1) is 4.75 Å². The first-order chi connectivity index (χ1) is 12.2. The van der Waals surface area contributed by atoms with Crippen LogP contribution < -0.4 is 10.0 Å². The van der Waals surface area contributed by atoms with Gasteiger partial charge in [0.1, 0.15) is 0 Å². The fourth-order valence-corrected chi connectivity index (χ4v) is 4.34. The highest BCUT2D eigenvalue weighted by atomic mass is 32.2. The van der Waals surface area contributed by atoms with Crippen LogP contribution in [0.3, 0.4) is 0 Å². The van der Waals surface area contributed by atoms with Crippen molar-refractivity contribution in [3.63, 3.8) is 0 Å². The van der Waals surface area contributed by atoms with E-state index in [4.69, 9.17) is 0 Å². The van der Waals surface area contributed by atoms with Gasteiger partial charge in [-0.2, -0.15) is 0 Å². The Morgan fingerprint density at radius 3 is 2.19 bits per heavy atom. The lowest BCUT2D eigenvalue weighted by atomic mass is 9.86. The van der Waals surface area contributed by atoms with E-state index in [9.17, 15) is 8.42 Å². The predicted octanol–water partition coefficient (Wildman–Crippen LogP) is 4.72. The molecule has 1 aromatic rings. The molecule has 0 unspecified atom stereocenters. The van der Waals surface area contributed by atoms with Crippen LogP contribution in [-0.2, 0) is 16.4 Å². The third kappa shape index (κ3) is 6.27. The van der Waals surface area contributed by atoms with Crippen molar-refractivity contribution in [2.75, 3.05) is 11.9 Å². The molecular formula is C21H36N2O2S. The molecule has 148 valence electrons. The minimum atomic E-state index is -3.25. The van der Waals surface area contributed by atoms with Crippen molar-refractivity contribution >= 4 is 15.7 Å². The van der Waals surface area contributed by atoms with Gasteiger partial charge in [-0.15, -0.1) is 0 Å². The van der Waals surface area contributed by atoms with Crippen LogP contribution in [-0.4, -0.2) is 25.8 Å². The molecule has 1 aromatic carbocycles. The van der Waals surface area contributed by atoms with E-state index in [1.165, 1.54) is 24.1 Å². The first-order valence-corrected chi connectivity index (χ1v) is 11.5. The summed E-state index contributed by atoms with van der Waals surface area (Å²) in [5, 5.41) is 3.55. The number of nitrogens with one attached hydrogen (secondary N) is 2. The first-order valence-electron chi connectivity index (χ1n) is 10.1. The highest BCUT2D eigenvalue weighted by Gasteiger charge is 2.32. The van der Waals surface area contributed by atoms with Gasteiger partial charge in [0.25, 0.3) is 0 Å². The zero-order chi connectivity index (χ0) is 19.2. The molecule has 0 aliphatic heterocycles. The molecule has 0 amide bonds. The minimum Gasteiger partial charge on any atom is -0.385 e. The summed E-state index contributed by atoms with van der Waals surface area (Å²) in [6.07, 6.45) is 7.63. The number of aryl methyl sites for hydroxylation is 1. The number of sulfonamides is 1. The largest absolute Gasteiger partial charge is 0.385 e. The molecule has 0 radical (unpaired) electrons. The third-order valence-electron chi connectivity index (χ3n) is 5.34. The van der Waals surface area contributed by atoms with E-state index in [0.29, 0.717) is 5.92 Å². The van der Waals surface area contributed by atoms with Crippen molar-refractivity contribution in [2.24, 2.45) is 5.92 Å². The Kier molecular flexibility index (Phi) is 7.53. The number of rotatable bonds is 8. The van der Waals surface area contributed by atoms with E-state index in [1.807, 2.05) is 0 Å². The lowest BCUT2D eigenvalue weighted by Crippen LogP contribution is -2.46. The summed E-state index contributed by atoms with van der Waals surface area (Å²) < 4.78 is 26.7. The van der Waals surface area contributed by atoms with Crippen molar-refractivity contribution in [3.05, 3.63) is 29.8 Å². The van der Waals surface area contributed by atoms with Crippen LogP contribution in [0, 0.1) is 5.92 Å². The highest BCUT2D eigenvalue weighted by Crippen LogP contribution is 2.26. The van der Waals surface area contributed by atoms with Crippen molar-refractivity contribution in [1.29, 1.82) is 0 Å². The molecule has 2 N–H and O–H groups in total. The zero-order valence-corrected chi connectivity index (χ0v) is 17.7. The van der Waals surface area contributed by atoms with E-state index in [1.54, 1.807) is 20.8 Å². The summed E-state index contributed by atoms with van der Waals surface area (Å²) in [6.45, 7) is 8.43. The summed E-state index contributed by atoms with van der Waals surface area (Å²) >= 11 is 0. The van der Waals surface area contributed by atoms with E-state index >= 15 is 0 Å². The minimum absolute atomic E-state index is 0.0910. The molecule has 0 bridgehead atoms. The second-order valence-corrected chi connectivity index (χ2v) is 11.1. The number of hydrogen-bond acceptors (Lipinski definition) is 3.